The van der Waals surface area contributed by atoms with Gasteiger partial charge in [0.25, 0.3) is 0 Å². The summed E-state index contributed by atoms with van der Waals surface area (Å²) < 4.78 is 6.88. The first kappa shape index (κ1) is 14.1. The SMILES string of the molecule is CCN(C)[Si](N)(N(C)CC)N(C)CC. The topological polar surface area (TPSA) is 35.7 Å². The summed E-state index contributed by atoms with van der Waals surface area (Å²) in [6.45, 7) is 9.46. The van der Waals surface area contributed by atoms with Crippen LogP contribution in [0.25, 0.3) is 0 Å². The van der Waals surface area contributed by atoms with E-state index in [0.717, 1.165) is 19.6 Å². The molecule has 0 rings (SSSR count). The molecule has 0 bridgehead atoms. The van der Waals surface area contributed by atoms with Crippen LogP contribution in [0.5, 0.6) is 0 Å². The summed E-state index contributed by atoms with van der Waals surface area (Å²) in [6.07, 6.45) is 0. The second-order valence-electron chi connectivity index (χ2n) is 3.73. The minimum Gasteiger partial charge on any atom is -0.314 e. The molecule has 86 valence electrons. The van der Waals surface area contributed by atoms with E-state index in [9.17, 15) is 0 Å². The van der Waals surface area contributed by atoms with E-state index in [1.807, 2.05) is 0 Å². The lowest BCUT2D eigenvalue weighted by Gasteiger charge is -2.46. The zero-order valence-corrected chi connectivity index (χ0v) is 11.5. The van der Waals surface area contributed by atoms with Gasteiger partial charge in [0.2, 0.25) is 0 Å². The fourth-order valence-corrected chi connectivity index (χ4v) is 4.72. The molecule has 0 saturated carbocycles. The molecule has 0 unspecified atom stereocenters. The van der Waals surface area contributed by atoms with Gasteiger partial charge in [-0.2, -0.15) is 0 Å². The third-order valence-corrected chi connectivity index (χ3v) is 7.43. The monoisotopic (exact) mass is 218 g/mol. The first-order chi connectivity index (χ1) is 6.44. The molecule has 0 aliphatic rings. The molecule has 2 N–H and O–H groups in total. The summed E-state index contributed by atoms with van der Waals surface area (Å²) in [5, 5.41) is 6.58. The maximum atomic E-state index is 6.58. The Hall–Kier alpha value is 0.0569. The highest BCUT2D eigenvalue weighted by atomic mass is 28.4. The Kier molecular flexibility index (Phi) is 5.85. The molecule has 0 amide bonds. The minimum atomic E-state index is -2.06. The van der Waals surface area contributed by atoms with E-state index in [4.69, 9.17) is 5.40 Å². The van der Waals surface area contributed by atoms with Crippen LogP contribution >= 0.6 is 0 Å². The highest BCUT2D eigenvalue weighted by molar-refractivity contribution is 6.68. The van der Waals surface area contributed by atoms with Gasteiger partial charge in [0, 0.05) is 0 Å². The van der Waals surface area contributed by atoms with E-state index in [1.54, 1.807) is 0 Å². The van der Waals surface area contributed by atoms with Gasteiger partial charge in [-0.05, 0) is 40.8 Å². The fraction of sp³-hybridized carbons (Fsp3) is 1.00. The number of rotatable bonds is 6. The molecule has 0 radical (unpaired) electrons. The number of hydrogen-bond acceptors (Lipinski definition) is 4. The largest absolute Gasteiger partial charge is 0.370 e. The molecule has 5 heteroatoms. The van der Waals surface area contributed by atoms with Crippen molar-refractivity contribution < 1.29 is 0 Å². The van der Waals surface area contributed by atoms with Crippen molar-refractivity contribution in [1.29, 1.82) is 0 Å². The second kappa shape index (κ2) is 5.82. The summed E-state index contributed by atoms with van der Waals surface area (Å²) in [6, 6.07) is 0. The van der Waals surface area contributed by atoms with Crippen LogP contribution in [0.15, 0.2) is 0 Å². The van der Waals surface area contributed by atoms with Crippen molar-refractivity contribution in [2.75, 3.05) is 40.8 Å². The van der Waals surface area contributed by atoms with E-state index in [1.165, 1.54) is 0 Å². The second-order valence-corrected chi connectivity index (χ2v) is 7.39. The molecular formula is C9H26N4Si. The Morgan fingerprint density at radius 3 is 1.14 bits per heavy atom. The quantitative estimate of drug-likeness (QED) is 0.648. The highest BCUT2D eigenvalue weighted by Crippen LogP contribution is 2.09. The van der Waals surface area contributed by atoms with Gasteiger partial charge in [0.05, 0.1) is 0 Å². The predicted octanol–water partition coefficient (Wildman–Crippen LogP) is 0.236. The van der Waals surface area contributed by atoms with Gasteiger partial charge in [-0.3, -0.25) is 13.7 Å². The maximum Gasteiger partial charge on any atom is 0.370 e. The third kappa shape index (κ3) is 2.55. The molecule has 0 aromatic carbocycles. The van der Waals surface area contributed by atoms with Crippen LogP contribution in [0.3, 0.4) is 0 Å². The maximum absolute atomic E-state index is 6.58. The first-order valence-corrected chi connectivity index (χ1v) is 7.29. The average Bonchev–Trinajstić information content (AvgIpc) is 2.24. The van der Waals surface area contributed by atoms with Gasteiger partial charge in [-0.15, -0.1) is 0 Å². The van der Waals surface area contributed by atoms with Gasteiger partial charge in [-0.1, -0.05) is 20.8 Å². The molecule has 0 aromatic heterocycles. The highest BCUT2D eigenvalue weighted by Gasteiger charge is 2.42. The molecule has 0 aliphatic carbocycles. The summed E-state index contributed by atoms with van der Waals surface area (Å²) >= 11 is 0. The average molecular weight is 218 g/mol. The molecule has 0 atom stereocenters. The lowest BCUT2D eigenvalue weighted by atomic mass is 10.8. The van der Waals surface area contributed by atoms with Crippen molar-refractivity contribution in [3.8, 4) is 0 Å². The van der Waals surface area contributed by atoms with E-state index >= 15 is 0 Å². The van der Waals surface area contributed by atoms with Gasteiger partial charge >= 0.3 is 8.72 Å². The number of nitrogens with two attached hydrogens (primary N) is 1. The molecule has 4 nitrogen and oxygen atoms in total. The molecule has 0 aromatic rings. The molecule has 14 heavy (non-hydrogen) atoms. The van der Waals surface area contributed by atoms with Crippen molar-refractivity contribution in [2.24, 2.45) is 5.40 Å². The Labute approximate surface area is 90.0 Å². The molecule has 0 saturated heterocycles. The molecule has 0 fully saturated rings. The van der Waals surface area contributed by atoms with Crippen LogP contribution in [0.1, 0.15) is 20.8 Å². The van der Waals surface area contributed by atoms with Gasteiger partial charge < -0.3 is 5.40 Å². The Morgan fingerprint density at radius 2 is 1.00 bits per heavy atom. The third-order valence-electron chi connectivity index (χ3n) is 3.11. The summed E-state index contributed by atoms with van der Waals surface area (Å²) in [5.41, 5.74) is 0. The Bertz CT molecular complexity index is 138. The van der Waals surface area contributed by atoms with Crippen LogP contribution in [-0.2, 0) is 0 Å². The fourth-order valence-electron chi connectivity index (χ4n) is 1.57. The van der Waals surface area contributed by atoms with E-state index in [0.29, 0.717) is 0 Å². The van der Waals surface area contributed by atoms with Crippen molar-refractivity contribution >= 4 is 8.72 Å². The van der Waals surface area contributed by atoms with Crippen LogP contribution in [0, 0.1) is 0 Å². The van der Waals surface area contributed by atoms with Crippen molar-refractivity contribution in [2.45, 2.75) is 20.8 Å². The first-order valence-electron chi connectivity index (χ1n) is 5.37. The molecule has 0 aliphatic heterocycles. The normalized spacial score (nSPS) is 13.3. The van der Waals surface area contributed by atoms with Crippen LogP contribution in [-0.4, -0.2) is 63.2 Å². The van der Waals surface area contributed by atoms with Crippen LogP contribution in [0.2, 0.25) is 0 Å². The number of nitrogens with zero attached hydrogens (tertiary/aromatic N) is 3. The molecule has 0 spiro atoms. The van der Waals surface area contributed by atoms with Gasteiger partial charge in [0.1, 0.15) is 0 Å². The minimum absolute atomic E-state index is 0.997. The molecule has 0 heterocycles. The Morgan fingerprint density at radius 1 is 0.786 bits per heavy atom. The predicted molar refractivity (Wildman–Crippen MR) is 64.9 cm³/mol. The Balaban J connectivity index is 4.83. The summed E-state index contributed by atoms with van der Waals surface area (Å²) in [4.78, 5) is 0. The molecular weight excluding hydrogens is 192 g/mol. The summed E-state index contributed by atoms with van der Waals surface area (Å²) in [5.74, 6) is 0. The number of hydrogen-bond donors (Lipinski definition) is 1. The van der Waals surface area contributed by atoms with E-state index in [2.05, 4.69) is 55.6 Å². The van der Waals surface area contributed by atoms with Crippen molar-refractivity contribution in [3.63, 3.8) is 0 Å². The van der Waals surface area contributed by atoms with Gasteiger partial charge in [-0.25, -0.2) is 0 Å². The van der Waals surface area contributed by atoms with Crippen molar-refractivity contribution in [1.82, 2.24) is 13.7 Å². The van der Waals surface area contributed by atoms with Crippen LogP contribution < -0.4 is 5.40 Å². The van der Waals surface area contributed by atoms with E-state index < -0.39 is 8.72 Å². The van der Waals surface area contributed by atoms with E-state index in [-0.39, 0.29) is 0 Å². The standard InChI is InChI=1S/C9H26N4Si/c1-7-11(4)14(10,12(5)8-2)13(6)9-3/h7-10H2,1-6H3. The van der Waals surface area contributed by atoms with Crippen LogP contribution in [0.4, 0.5) is 0 Å². The lowest BCUT2D eigenvalue weighted by molar-refractivity contribution is 0.316. The van der Waals surface area contributed by atoms with Gasteiger partial charge in [0.15, 0.2) is 0 Å². The zero-order valence-electron chi connectivity index (χ0n) is 10.5. The summed E-state index contributed by atoms with van der Waals surface area (Å²) in [7, 11) is 4.29. The lowest BCUT2D eigenvalue weighted by Crippen LogP contribution is -2.78. The van der Waals surface area contributed by atoms with Crippen molar-refractivity contribution in [3.05, 3.63) is 0 Å². The zero-order chi connectivity index (χ0) is 11.4. The smallest absolute Gasteiger partial charge is 0.314 e.